The molecule has 1 fully saturated rings. The maximum absolute atomic E-state index is 13.9. The number of rotatable bonds is 9. The van der Waals surface area contributed by atoms with Gasteiger partial charge in [-0.2, -0.15) is 5.10 Å². The molecule has 7 nitrogen and oxygen atoms in total. The summed E-state index contributed by atoms with van der Waals surface area (Å²) in [7, 11) is 0. The van der Waals surface area contributed by atoms with Crippen LogP contribution in [0.3, 0.4) is 0 Å². The summed E-state index contributed by atoms with van der Waals surface area (Å²) in [5.41, 5.74) is 2.60. The fourth-order valence-electron chi connectivity index (χ4n) is 5.54. The van der Waals surface area contributed by atoms with Crippen molar-refractivity contribution in [3.05, 3.63) is 41.6 Å². The molecule has 1 N–H and O–H groups in total. The summed E-state index contributed by atoms with van der Waals surface area (Å²) < 4.78 is 1.75. The number of hydrogen-bond donors (Lipinski definition) is 1. The molecule has 0 radical (unpaired) electrons. The van der Waals surface area contributed by atoms with Crippen molar-refractivity contribution in [1.29, 1.82) is 0 Å². The fourth-order valence-corrected chi connectivity index (χ4v) is 5.54. The molecule has 2 amide bonds. The molecule has 2 aromatic rings. The molecule has 0 spiro atoms. The lowest BCUT2D eigenvalue weighted by molar-refractivity contribution is -0.134. The van der Waals surface area contributed by atoms with Crippen LogP contribution in [0.25, 0.3) is 11.3 Å². The van der Waals surface area contributed by atoms with Gasteiger partial charge in [-0.15, -0.1) is 0 Å². The van der Waals surface area contributed by atoms with Crippen LogP contribution in [-0.2, 0) is 11.3 Å². The first-order valence-corrected chi connectivity index (χ1v) is 13.8. The van der Waals surface area contributed by atoms with E-state index in [1.807, 2.05) is 13.0 Å². The number of carbonyl (C=O) groups is 2. The number of nitrogens with one attached hydrogen (secondary N) is 1. The summed E-state index contributed by atoms with van der Waals surface area (Å²) in [6, 6.07) is 10.5. The molecule has 2 aliphatic rings. The molecule has 1 aliphatic heterocycles. The predicted octanol–water partition coefficient (Wildman–Crippen LogP) is 4.68. The van der Waals surface area contributed by atoms with Crippen molar-refractivity contribution in [2.75, 3.05) is 26.2 Å². The Labute approximate surface area is 216 Å². The largest absolute Gasteiger partial charge is 0.351 e. The summed E-state index contributed by atoms with van der Waals surface area (Å²) in [5, 5.41) is 8.11. The molecule has 196 valence electrons. The highest BCUT2D eigenvalue weighted by atomic mass is 16.2. The third kappa shape index (κ3) is 5.36. The van der Waals surface area contributed by atoms with Gasteiger partial charge in [-0.1, -0.05) is 71.2 Å². The van der Waals surface area contributed by atoms with Gasteiger partial charge in [0, 0.05) is 24.7 Å². The minimum Gasteiger partial charge on any atom is -0.351 e. The Morgan fingerprint density at radius 3 is 2.42 bits per heavy atom. The van der Waals surface area contributed by atoms with Crippen LogP contribution in [0.1, 0.15) is 88.7 Å². The molecule has 0 bridgehead atoms. The van der Waals surface area contributed by atoms with Crippen LogP contribution in [0.4, 0.5) is 0 Å². The second-order valence-electron chi connectivity index (χ2n) is 10.9. The predicted molar refractivity (Wildman–Crippen MR) is 144 cm³/mol. The lowest BCUT2D eigenvalue weighted by Crippen LogP contribution is -2.66. The van der Waals surface area contributed by atoms with E-state index < -0.39 is 5.54 Å². The molecule has 7 heteroatoms. The Bertz CT molecular complexity index is 1050. The fraction of sp³-hybridized carbons (Fsp3) is 0.621. The zero-order chi connectivity index (χ0) is 25.9. The third-order valence-corrected chi connectivity index (χ3v) is 8.13. The van der Waals surface area contributed by atoms with Gasteiger partial charge < -0.3 is 15.1 Å². The Hall–Kier alpha value is -2.67. The monoisotopic (exact) mass is 493 g/mol. The van der Waals surface area contributed by atoms with E-state index >= 15 is 0 Å². The minimum atomic E-state index is -0.987. The van der Waals surface area contributed by atoms with E-state index in [0.717, 1.165) is 56.6 Å². The third-order valence-electron chi connectivity index (χ3n) is 8.13. The first kappa shape index (κ1) is 26.4. The van der Waals surface area contributed by atoms with Gasteiger partial charge >= 0.3 is 0 Å². The molecule has 0 unspecified atom stereocenters. The quantitative estimate of drug-likeness (QED) is 0.551. The molecule has 36 heavy (non-hydrogen) atoms. The first-order valence-electron chi connectivity index (χ1n) is 13.8. The van der Waals surface area contributed by atoms with Crippen LogP contribution in [0, 0.1) is 0 Å². The average molecular weight is 494 g/mol. The van der Waals surface area contributed by atoms with Gasteiger partial charge in [0.2, 0.25) is 5.91 Å². The summed E-state index contributed by atoms with van der Waals surface area (Å²) >= 11 is 0. The molecule has 1 atom stereocenters. The molecule has 1 aromatic heterocycles. The van der Waals surface area contributed by atoms with Crippen molar-refractivity contribution in [2.45, 2.75) is 90.8 Å². The van der Waals surface area contributed by atoms with Gasteiger partial charge in [0.05, 0.1) is 12.2 Å². The number of benzene rings is 1. The minimum absolute atomic E-state index is 0.0636. The molecule has 1 aromatic carbocycles. The highest BCUT2D eigenvalue weighted by molar-refractivity contribution is 6.00. The van der Waals surface area contributed by atoms with Crippen LogP contribution < -0.4 is 5.32 Å². The number of hydrogen-bond acceptors (Lipinski definition) is 4. The van der Waals surface area contributed by atoms with Crippen molar-refractivity contribution in [2.24, 2.45) is 0 Å². The second-order valence-corrected chi connectivity index (χ2v) is 10.9. The van der Waals surface area contributed by atoms with Crippen LogP contribution in [0.15, 0.2) is 30.3 Å². The Balaban J connectivity index is 1.64. The van der Waals surface area contributed by atoms with E-state index in [0.29, 0.717) is 24.7 Å². The Morgan fingerprint density at radius 1 is 1.14 bits per heavy atom. The highest BCUT2D eigenvalue weighted by Crippen LogP contribution is 2.31. The number of fused-ring (bicyclic) bond motifs is 1. The first-order chi connectivity index (χ1) is 17.3. The maximum Gasteiger partial charge on any atom is 0.273 e. The normalized spacial score (nSPS) is 20.8. The van der Waals surface area contributed by atoms with Gasteiger partial charge in [-0.3, -0.25) is 14.3 Å². The van der Waals surface area contributed by atoms with Crippen LogP contribution >= 0.6 is 0 Å². The Kier molecular flexibility index (Phi) is 8.18. The molecule has 2 heterocycles. The van der Waals surface area contributed by atoms with Crippen LogP contribution in [0.5, 0.6) is 0 Å². The van der Waals surface area contributed by atoms with E-state index in [4.69, 9.17) is 5.10 Å². The summed E-state index contributed by atoms with van der Waals surface area (Å²) in [5.74, 6) is 0.275. The number of likely N-dealkylation sites (N-methyl/N-ethyl adjacent to an activating group) is 1. The average Bonchev–Trinajstić information content (AvgIpc) is 3.30. The molecular weight excluding hydrogens is 450 g/mol. The lowest BCUT2D eigenvalue weighted by atomic mass is 9.91. The molecule has 1 aliphatic carbocycles. The van der Waals surface area contributed by atoms with E-state index in [1.54, 1.807) is 9.58 Å². The number of aromatic nitrogens is 2. The molecule has 1 saturated carbocycles. The van der Waals surface area contributed by atoms with E-state index in [-0.39, 0.29) is 17.9 Å². The van der Waals surface area contributed by atoms with Crippen molar-refractivity contribution < 1.29 is 9.59 Å². The van der Waals surface area contributed by atoms with Crippen molar-refractivity contribution in [3.8, 4) is 11.3 Å². The summed E-state index contributed by atoms with van der Waals surface area (Å²) in [6.45, 7) is 14.0. The van der Waals surface area contributed by atoms with E-state index in [9.17, 15) is 9.59 Å². The molecule has 0 saturated heterocycles. The lowest BCUT2D eigenvalue weighted by Gasteiger charge is -2.44. The number of nitrogens with zero attached hydrogens (tertiary/aromatic N) is 4. The van der Waals surface area contributed by atoms with Crippen molar-refractivity contribution in [3.63, 3.8) is 0 Å². The summed E-state index contributed by atoms with van der Waals surface area (Å²) in [4.78, 5) is 31.7. The van der Waals surface area contributed by atoms with Gasteiger partial charge in [0.1, 0.15) is 11.2 Å². The van der Waals surface area contributed by atoms with Crippen molar-refractivity contribution >= 4 is 11.8 Å². The van der Waals surface area contributed by atoms with Gasteiger partial charge in [0.25, 0.3) is 5.91 Å². The maximum atomic E-state index is 13.9. The standard InChI is InChI=1S/C29H43N5O2/c1-6-32(7-2)17-18-33-27(35)26-19-25(23-15-13-22(14-16-23)21(3)4)31-34(26)20-29(33,5)28(36)30-24-11-9-8-10-12-24/h13-16,19,21,24H,6-12,17-18,20H2,1-5H3,(H,30,36)/t29-/m1/s1. The highest BCUT2D eigenvalue weighted by Gasteiger charge is 2.48. The van der Waals surface area contributed by atoms with E-state index in [2.05, 4.69) is 62.2 Å². The van der Waals surface area contributed by atoms with Gasteiger partial charge in [-0.05, 0) is 50.4 Å². The SMILES string of the molecule is CCN(CC)CCN1C(=O)c2cc(-c3ccc(C(C)C)cc3)nn2C[C@]1(C)C(=O)NC1CCCCC1. The van der Waals surface area contributed by atoms with Crippen LogP contribution in [-0.4, -0.2) is 69.2 Å². The van der Waals surface area contributed by atoms with Crippen molar-refractivity contribution in [1.82, 2.24) is 24.9 Å². The zero-order valence-electron chi connectivity index (χ0n) is 22.7. The second kappa shape index (κ2) is 11.2. The van der Waals surface area contributed by atoms with Gasteiger partial charge in [-0.25, -0.2) is 0 Å². The number of amides is 2. The number of carbonyl (C=O) groups excluding carboxylic acids is 2. The molecular formula is C29H43N5O2. The summed E-state index contributed by atoms with van der Waals surface area (Å²) in [6.07, 6.45) is 5.55. The molecule has 4 rings (SSSR count). The van der Waals surface area contributed by atoms with Gasteiger partial charge in [0.15, 0.2) is 0 Å². The zero-order valence-corrected chi connectivity index (χ0v) is 22.7. The Morgan fingerprint density at radius 2 is 1.81 bits per heavy atom. The van der Waals surface area contributed by atoms with E-state index in [1.165, 1.54) is 12.0 Å². The van der Waals surface area contributed by atoms with Crippen LogP contribution in [0.2, 0.25) is 0 Å². The smallest absolute Gasteiger partial charge is 0.273 e. The topological polar surface area (TPSA) is 70.5 Å².